The van der Waals surface area contributed by atoms with Crippen LogP contribution in [0.2, 0.25) is 5.02 Å². The van der Waals surface area contributed by atoms with Crippen LogP contribution in [0, 0.1) is 5.92 Å². The van der Waals surface area contributed by atoms with E-state index < -0.39 is 0 Å². The summed E-state index contributed by atoms with van der Waals surface area (Å²) in [7, 11) is 1.36. The second-order valence-corrected chi connectivity index (χ2v) is 7.19. The van der Waals surface area contributed by atoms with Gasteiger partial charge in [-0.1, -0.05) is 23.7 Å². The molecule has 1 aliphatic heterocycles. The van der Waals surface area contributed by atoms with Gasteiger partial charge in [0.05, 0.1) is 13.7 Å². The molecule has 0 spiro atoms. The topological polar surface area (TPSA) is 55.8 Å². The van der Waals surface area contributed by atoms with E-state index in [0.717, 1.165) is 17.0 Å². The number of nitrogens with zero attached hydrogens (tertiary/aromatic N) is 1. The highest BCUT2D eigenvalue weighted by Gasteiger charge is 2.31. The van der Waals surface area contributed by atoms with Crippen LogP contribution in [0.5, 0.6) is 5.75 Å². The van der Waals surface area contributed by atoms with Gasteiger partial charge in [-0.25, -0.2) is 4.79 Å². The maximum absolute atomic E-state index is 12.3. The molecular weight excluding hydrogens is 378 g/mol. The molecule has 0 N–H and O–H groups in total. The molecule has 28 heavy (non-hydrogen) atoms. The van der Waals surface area contributed by atoms with Gasteiger partial charge in [0.1, 0.15) is 5.75 Å². The summed E-state index contributed by atoms with van der Waals surface area (Å²) in [4.78, 5) is 25.5. The van der Waals surface area contributed by atoms with Crippen LogP contribution >= 0.6 is 11.6 Å². The summed E-state index contributed by atoms with van der Waals surface area (Å²) in [5, 5.41) is 0.648. The molecule has 146 valence electrons. The summed E-state index contributed by atoms with van der Waals surface area (Å²) >= 11 is 5.91. The van der Waals surface area contributed by atoms with Crippen LogP contribution in [0.1, 0.15) is 18.9 Å². The molecule has 0 bridgehead atoms. The molecule has 1 heterocycles. The molecule has 0 aromatic heterocycles. The van der Waals surface area contributed by atoms with Crippen molar-refractivity contribution in [3.05, 3.63) is 64.7 Å². The van der Waals surface area contributed by atoms with Crippen LogP contribution < -0.4 is 9.64 Å². The number of ether oxygens (including phenoxy) is 2. The normalized spacial score (nSPS) is 17.0. The van der Waals surface area contributed by atoms with Crippen LogP contribution in [-0.2, 0) is 14.3 Å². The third-order valence-electron chi connectivity index (χ3n) is 4.60. The number of methoxy groups -OCH3 is 1. The molecular formula is C22H22ClNO4. The number of hydrogen-bond acceptors (Lipinski definition) is 4. The van der Waals surface area contributed by atoms with Crippen LogP contribution in [0.4, 0.5) is 5.69 Å². The van der Waals surface area contributed by atoms with E-state index in [1.807, 2.05) is 36.4 Å². The number of carbonyl (C=O) groups excluding carboxylic acids is 2. The molecule has 1 unspecified atom stereocenters. The summed E-state index contributed by atoms with van der Waals surface area (Å²) in [5.41, 5.74) is 2.28. The first-order valence-corrected chi connectivity index (χ1v) is 9.39. The summed E-state index contributed by atoms with van der Waals surface area (Å²) in [5.74, 6) is 0.598. The molecule has 3 rings (SSSR count). The van der Waals surface area contributed by atoms with Gasteiger partial charge < -0.3 is 14.4 Å². The third kappa shape index (κ3) is 4.93. The Morgan fingerprint density at radius 3 is 2.50 bits per heavy atom. The maximum atomic E-state index is 12.3. The van der Waals surface area contributed by atoms with Crippen LogP contribution in [0.15, 0.2) is 54.1 Å². The summed E-state index contributed by atoms with van der Waals surface area (Å²) in [6.07, 6.45) is 2.22. The molecule has 2 aromatic carbocycles. The Balaban J connectivity index is 1.55. The van der Waals surface area contributed by atoms with E-state index >= 15 is 0 Å². The average molecular weight is 400 g/mol. The van der Waals surface area contributed by atoms with Crippen LogP contribution in [0.3, 0.4) is 0 Å². The number of esters is 1. The predicted octanol–water partition coefficient (Wildman–Crippen LogP) is 4.35. The molecule has 1 fully saturated rings. The fraction of sp³-hybridized carbons (Fsp3) is 0.273. The number of rotatable bonds is 6. The highest BCUT2D eigenvalue weighted by Crippen LogP contribution is 2.27. The molecule has 0 saturated carbocycles. The number of halogens is 1. The van der Waals surface area contributed by atoms with Gasteiger partial charge in [-0.3, -0.25) is 4.79 Å². The van der Waals surface area contributed by atoms with E-state index in [4.69, 9.17) is 16.3 Å². The van der Waals surface area contributed by atoms with Crippen molar-refractivity contribution in [3.63, 3.8) is 0 Å². The van der Waals surface area contributed by atoms with Gasteiger partial charge >= 0.3 is 5.97 Å². The van der Waals surface area contributed by atoms with Crippen LogP contribution in [-0.4, -0.2) is 32.1 Å². The lowest BCUT2D eigenvalue weighted by atomic mass is 10.1. The Kier molecular flexibility index (Phi) is 6.37. The fourth-order valence-corrected chi connectivity index (χ4v) is 3.23. The molecule has 0 radical (unpaired) electrons. The Bertz CT molecular complexity index is 874. The number of carbonyl (C=O) groups is 2. The van der Waals surface area contributed by atoms with E-state index in [0.29, 0.717) is 30.2 Å². The Morgan fingerprint density at radius 2 is 1.86 bits per heavy atom. The number of benzene rings is 2. The Hall–Kier alpha value is -2.79. The van der Waals surface area contributed by atoms with E-state index in [9.17, 15) is 9.59 Å². The van der Waals surface area contributed by atoms with Crippen molar-refractivity contribution < 1.29 is 19.1 Å². The quantitative estimate of drug-likeness (QED) is 0.535. The zero-order valence-corrected chi connectivity index (χ0v) is 16.6. The van der Waals surface area contributed by atoms with Crippen molar-refractivity contribution in [2.75, 3.05) is 25.2 Å². The van der Waals surface area contributed by atoms with E-state index in [1.54, 1.807) is 30.0 Å². The molecule has 5 nitrogen and oxygen atoms in total. The van der Waals surface area contributed by atoms with Crippen molar-refractivity contribution in [1.82, 2.24) is 0 Å². The minimum atomic E-state index is -0.350. The van der Waals surface area contributed by atoms with Crippen LogP contribution in [0.25, 0.3) is 6.08 Å². The number of amides is 1. The molecule has 2 aromatic rings. The van der Waals surface area contributed by atoms with Crippen molar-refractivity contribution in [1.29, 1.82) is 0 Å². The van der Waals surface area contributed by atoms with Crippen molar-refractivity contribution in [3.8, 4) is 5.75 Å². The molecule has 1 amide bonds. The third-order valence-corrected chi connectivity index (χ3v) is 4.85. The van der Waals surface area contributed by atoms with E-state index in [1.165, 1.54) is 7.11 Å². The molecule has 1 aliphatic rings. The minimum Gasteiger partial charge on any atom is -0.493 e. The Labute approximate surface area is 169 Å². The standard InChI is InChI=1S/C22H22ClNO4/c1-15(22(26)27-2)11-16-3-9-20(10-4-16)28-14-17-12-21(25)24(13-17)19-7-5-18(23)6-8-19/h3-11,17H,12-14H2,1-2H3/b15-11+. The van der Waals surface area contributed by atoms with Crippen molar-refractivity contribution in [2.24, 2.45) is 5.92 Å². The number of anilines is 1. The second kappa shape index (κ2) is 8.93. The average Bonchev–Trinajstić information content (AvgIpc) is 3.08. The van der Waals surface area contributed by atoms with Gasteiger partial charge in [0.2, 0.25) is 5.91 Å². The first-order valence-electron chi connectivity index (χ1n) is 9.01. The predicted molar refractivity (Wildman–Crippen MR) is 110 cm³/mol. The molecule has 6 heteroatoms. The lowest BCUT2D eigenvalue weighted by Gasteiger charge is -2.17. The van der Waals surface area contributed by atoms with Gasteiger partial charge in [0.15, 0.2) is 0 Å². The van der Waals surface area contributed by atoms with Gasteiger partial charge in [-0.15, -0.1) is 0 Å². The van der Waals surface area contributed by atoms with Gasteiger partial charge in [0.25, 0.3) is 0 Å². The monoisotopic (exact) mass is 399 g/mol. The summed E-state index contributed by atoms with van der Waals surface area (Å²) in [6.45, 7) is 2.80. The van der Waals surface area contributed by atoms with E-state index in [-0.39, 0.29) is 17.8 Å². The molecule has 1 atom stereocenters. The van der Waals surface area contributed by atoms with E-state index in [2.05, 4.69) is 4.74 Å². The summed E-state index contributed by atoms with van der Waals surface area (Å²) in [6, 6.07) is 14.7. The molecule has 0 aliphatic carbocycles. The van der Waals surface area contributed by atoms with Gasteiger partial charge in [-0.05, 0) is 55.0 Å². The number of hydrogen-bond donors (Lipinski definition) is 0. The first kappa shape index (κ1) is 20.0. The van der Waals surface area contributed by atoms with Crippen molar-refractivity contribution >= 4 is 35.2 Å². The first-order chi connectivity index (χ1) is 13.5. The fourth-order valence-electron chi connectivity index (χ4n) is 3.11. The largest absolute Gasteiger partial charge is 0.493 e. The second-order valence-electron chi connectivity index (χ2n) is 6.75. The molecule has 1 saturated heterocycles. The lowest BCUT2D eigenvalue weighted by Crippen LogP contribution is -2.25. The lowest BCUT2D eigenvalue weighted by molar-refractivity contribution is -0.135. The van der Waals surface area contributed by atoms with Crippen molar-refractivity contribution in [2.45, 2.75) is 13.3 Å². The Morgan fingerprint density at radius 1 is 1.18 bits per heavy atom. The zero-order valence-electron chi connectivity index (χ0n) is 15.9. The zero-order chi connectivity index (χ0) is 20.1. The maximum Gasteiger partial charge on any atom is 0.333 e. The highest BCUT2D eigenvalue weighted by atomic mass is 35.5. The van der Waals surface area contributed by atoms with Gasteiger partial charge in [0, 0.05) is 35.2 Å². The highest BCUT2D eigenvalue weighted by molar-refractivity contribution is 6.30. The minimum absolute atomic E-state index is 0.0923. The smallest absolute Gasteiger partial charge is 0.333 e. The van der Waals surface area contributed by atoms with Gasteiger partial charge in [-0.2, -0.15) is 0 Å². The SMILES string of the molecule is COC(=O)/C(C)=C/c1ccc(OCC2CC(=O)N(c3ccc(Cl)cc3)C2)cc1. The summed E-state index contributed by atoms with van der Waals surface area (Å²) < 4.78 is 10.5.